The number of pyridine rings is 1. The zero-order valence-corrected chi connectivity index (χ0v) is 16.1. The van der Waals surface area contributed by atoms with Crippen molar-refractivity contribution in [2.75, 3.05) is 38.8 Å². The summed E-state index contributed by atoms with van der Waals surface area (Å²) in [4.78, 5) is 19.2. The van der Waals surface area contributed by atoms with E-state index in [0.717, 1.165) is 31.7 Å². The summed E-state index contributed by atoms with van der Waals surface area (Å²) in [7, 11) is 3.07. The number of ether oxygens (including phenoxy) is 2. The average molecular weight is 380 g/mol. The zero-order valence-electron chi connectivity index (χ0n) is 16.1. The largest absolute Gasteiger partial charge is 0.493 e. The van der Waals surface area contributed by atoms with E-state index in [1.54, 1.807) is 37.6 Å². The fourth-order valence-corrected chi connectivity index (χ4v) is 3.50. The second kappa shape index (κ2) is 9.09. The second-order valence-electron chi connectivity index (χ2n) is 6.72. The van der Waals surface area contributed by atoms with Gasteiger partial charge in [0.05, 0.1) is 31.4 Å². The van der Waals surface area contributed by atoms with Crippen LogP contribution in [0.5, 0.6) is 11.5 Å². The number of benzene rings is 1. The molecule has 2 heterocycles. The van der Waals surface area contributed by atoms with E-state index in [-0.39, 0.29) is 5.91 Å². The summed E-state index contributed by atoms with van der Waals surface area (Å²) in [6, 6.07) is 10.9. The topological polar surface area (TPSA) is 87.5 Å². The third-order valence-corrected chi connectivity index (χ3v) is 4.92. The molecule has 0 saturated carbocycles. The molecule has 1 N–H and O–H groups in total. The van der Waals surface area contributed by atoms with Crippen molar-refractivity contribution in [3.8, 4) is 17.6 Å². The number of para-hydroxylation sites is 1. The molecule has 0 radical (unpaired) electrons. The Morgan fingerprint density at radius 2 is 2.21 bits per heavy atom. The van der Waals surface area contributed by atoms with Gasteiger partial charge in [0.15, 0.2) is 11.5 Å². The highest BCUT2D eigenvalue weighted by molar-refractivity contribution is 5.97. The van der Waals surface area contributed by atoms with Crippen molar-refractivity contribution in [1.82, 2.24) is 10.3 Å². The molecular weight excluding hydrogens is 356 g/mol. The van der Waals surface area contributed by atoms with Gasteiger partial charge in [-0.15, -0.1) is 0 Å². The summed E-state index contributed by atoms with van der Waals surface area (Å²) in [5.41, 5.74) is 1.06. The molecule has 1 amide bonds. The molecular formula is C21H24N4O3. The number of amides is 1. The van der Waals surface area contributed by atoms with Gasteiger partial charge in [0.25, 0.3) is 5.91 Å². The summed E-state index contributed by atoms with van der Waals surface area (Å²) < 4.78 is 10.6. The van der Waals surface area contributed by atoms with Gasteiger partial charge in [-0.3, -0.25) is 4.79 Å². The number of rotatable bonds is 6. The lowest BCUT2D eigenvalue weighted by molar-refractivity contribution is 0.0942. The van der Waals surface area contributed by atoms with Crippen molar-refractivity contribution in [2.24, 2.45) is 5.92 Å². The smallest absolute Gasteiger partial charge is 0.255 e. The molecule has 7 heteroatoms. The minimum Gasteiger partial charge on any atom is -0.493 e. The molecule has 1 fully saturated rings. The van der Waals surface area contributed by atoms with Crippen LogP contribution in [0.15, 0.2) is 36.5 Å². The number of carbonyl (C=O) groups excluding carboxylic acids is 1. The minimum absolute atomic E-state index is 0.183. The number of hydrogen-bond acceptors (Lipinski definition) is 6. The van der Waals surface area contributed by atoms with Gasteiger partial charge in [-0.05, 0) is 43.0 Å². The van der Waals surface area contributed by atoms with Crippen LogP contribution < -0.4 is 19.7 Å². The average Bonchev–Trinajstić information content (AvgIpc) is 2.77. The fraction of sp³-hybridized carbons (Fsp3) is 0.381. The van der Waals surface area contributed by atoms with Crippen molar-refractivity contribution >= 4 is 11.7 Å². The van der Waals surface area contributed by atoms with E-state index >= 15 is 0 Å². The molecule has 1 atom stereocenters. The standard InChI is InChI=1S/C21H24N4O3/c1-27-18-7-3-6-17(20(18)28-2)21(26)24-13-16-5-4-10-25(14-16)19-11-15(12-22)8-9-23-19/h3,6-9,11,16H,4-5,10,13-14H2,1-2H3,(H,24,26)/t16-/m1/s1. The van der Waals surface area contributed by atoms with Crippen LogP contribution in [0.4, 0.5) is 5.82 Å². The van der Waals surface area contributed by atoms with Crippen LogP contribution in [-0.4, -0.2) is 44.7 Å². The van der Waals surface area contributed by atoms with Crippen molar-refractivity contribution in [3.63, 3.8) is 0 Å². The van der Waals surface area contributed by atoms with E-state index in [0.29, 0.717) is 35.1 Å². The Labute approximate surface area is 164 Å². The Morgan fingerprint density at radius 3 is 2.96 bits per heavy atom. The Bertz CT molecular complexity index is 878. The third-order valence-electron chi connectivity index (χ3n) is 4.92. The molecule has 1 aromatic carbocycles. The highest BCUT2D eigenvalue weighted by Crippen LogP contribution is 2.30. The van der Waals surface area contributed by atoms with Gasteiger partial charge < -0.3 is 19.7 Å². The first-order valence-electron chi connectivity index (χ1n) is 9.26. The number of carbonyl (C=O) groups is 1. The first-order valence-corrected chi connectivity index (χ1v) is 9.26. The summed E-state index contributed by atoms with van der Waals surface area (Å²) >= 11 is 0. The monoisotopic (exact) mass is 380 g/mol. The second-order valence-corrected chi connectivity index (χ2v) is 6.72. The molecule has 0 aliphatic carbocycles. The number of aromatic nitrogens is 1. The van der Waals surface area contributed by atoms with Crippen LogP contribution in [0.1, 0.15) is 28.8 Å². The Kier molecular flexibility index (Phi) is 6.33. The van der Waals surface area contributed by atoms with E-state index in [1.807, 2.05) is 6.07 Å². The van der Waals surface area contributed by atoms with E-state index < -0.39 is 0 Å². The molecule has 1 aliphatic rings. The molecule has 146 valence electrons. The fourth-order valence-electron chi connectivity index (χ4n) is 3.50. The molecule has 7 nitrogen and oxygen atoms in total. The molecule has 3 rings (SSSR count). The molecule has 2 aromatic rings. The van der Waals surface area contributed by atoms with Crippen LogP contribution >= 0.6 is 0 Å². The summed E-state index contributed by atoms with van der Waals surface area (Å²) in [6.07, 6.45) is 3.71. The van der Waals surface area contributed by atoms with Gasteiger partial charge in [0.2, 0.25) is 0 Å². The third kappa shape index (κ3) is 4.34. The lowest BCUT2D eigenvalue weighted by Gasteiger charge is -2.33. The zero-order chi connectivity index (χ0) is 19.9. The molecule has 1 aromatic heterocycles. The van der Waals surface area contributed by atoms with Crippen LogP contribution in [0.2, 0.25) is 0 Å². The van der Waals surface area contributed by atoms with Crippen LogP contribution in [0.25, 0.3) is 0 Å². The van der Waals surface area contributed by atoms with Gasteiger partial charge in [-0.25, -0.2) is 4.98 Å². The first kappa shape index (κ1) is 19.5. The van der Waals surface area contributed by atoms with E-state index in [1.165, 1.54) is 7.11 Å². The number of methoxy groups -OCH3 is 2. The van der Waals surface area contributed by atoms with Crippen molar-refractivity contribution in [3.05, 3.63) is 47.7 Å². The quantitative estimate of drug-likeness (QED) is 0.829. The van der Waals surface area contributed by atoms with E-state index in [4.69, 9.17) is 14.7 Å². The highest BCUT2D eigenvalue weighted by atomic mass is 16.5. The number of nitriles is 1. The van der Waals surface area contributed by atoms with Crippen LogP contribution in [0.3, 0.4) is 0 Å². The Hall–Kier alpha value is -3.27. The highest BCUT2D eigenvalue weighted by Gasteiger charge is 2.23. The van der Waals surface area contributed by atoms with E-state index in [9.17, 15) is 4.79 Å². The van der Waals surface area contributed by atoms with Crippen LogP contribution in [0, 0.1) is 17.2 Å². The SMILES string of the molecule is COc1cccc(C(=O)NC[C@H]2CCCN(c3cc(C#N)ccn3)C2)c1OC. The predicted octanol–water partition coefficient (Wildman–Crippen LogP) is 2.62. The van der Waals surface area contributed by atoms with Crippen molar-refractivity contribution in [2.45, 2.75) is 12.8 Å². The van der Waals surface area contributed by atoms with Crippen LogP contribution in [-0.2, 0) is 0 Å². The summed E-state index contributed by atoms with van der Waals surface area (Å²) in [6.45, 7) is 2.25. The number of piperidine rings is 1. The van der Waals surface area contributed by atoms with Crippen molar-refractivity contribution < 1.29 is 14.3 Å². The molecule has 28 heavy (non-hydrogen) atoms. The molecule has 0 spiro atoms. The summed E-state index contributed by atoms with van der Waals surface area (Å²) in [5.74, 6) is 1.90. The van der Waals surface area contributed by atoms with Gasteiger partial charge in [-0.2, -0.15) is 5.26 Å². The number of anilines is 1. The number of nitrogens with zero attached hydrogens (tertiary/aromatic N) is 3. The lowest BCUT2D eigenvalue weighted by Crippen LogP contribution is -2.41. The summed E-state index contributed by atoms with van der Waals surface area (Å²) in [5, 5.41) is 12.1. The van der Waals surface area contributed by atoms with Gasteiger partial charge in [0.1, 0.15) is 5.82 Å². The van der Waals surface area contributed by atoms with Gasteiger partial charge in [0, 0.05) is 25.8 Å². The Balaban J connectivity index is 1.63. The molecule has 1 saturated heterocycles. The lowest BCUT2D eigenvalue weighted by atomic mass is 9.97. The van der Waals surface area contributed by atoms with Gasteiger partial charge >= 0.3 is 0 Å². The van der Waals surface area contributed by atoms with Crippen molar-refractivity contribution in [1.29, 1.82) is 5.26 Å². The molecule has 0 bridgehead atoms. The molecule has 0 unspecified atom stereocenters. The van der Waals surface area contributed by atoms with Gasteiger partial charge in [-0.1, -0.05) is 6.07 Å². The van der Waals surface area contributed by atoms with E-state index in [2.05, 4.69) is 21.3 Å². The number of hydrogen-bond donors (Lipinski definition) is 1. The number of nitrogens with one attached hydrogen (secondary N) is 1. The maximum Gasteiger partial charge on any atom is 0.255 e. The minimum atomic E-state index is -0.183. The molecule has 1 aliphatic heterocycles. The first-order chi connectivity index (χ1) is 13.7. The maximum atomic E-state index is 12.7. The Morgan fingerprint density at radius 1 is 1.36 bits per heavy atom. The predicted molar refractivity (Wildman–Crippen MR) is 106 cm³/mol. The normalized spacial score (nSPS) is 16.2. The maximum absolute atomic E-state index is 12.7.